The average Bonchev–Trinajstić information content (AvgIpc) is 2.78. The van der Waals surface area contributed by atoms with Gasteiger partial charge in [0.2, 0.25) is 0 Å². The molecule has 1 aromatic heterocycles. The summed E-state index contributed by atoms with van der Waals surface area (Å²) in [4.78, 5) is 21.4. The smallest absolute Gasteiger partial charge is 0.390 e. The van der Waals surface area contributed by atoms with Crippen molar-refractivity contribution in [2.45, 2.75) is 0 Å². The Morgan fingerprint density at radius 1 is 1.31 bits per heavy atom. The summed E-state index contributed by atoms with van der Waals surface area (Å²) in [5.41, 5.74) is 0.276. The van der Waals surface area contributed by atoms with Crippen molar-refractivity contribution in [1.29, 1.82) is 0 Å². The van der Waals surface area contributed by atoms with Crippen LogP contribution in [0, 0.1) is 10.1 Å². The van der Waals surface area contributed by atoms with Crippen LogP contribution in [-0.4, -0.2) is 31.0 Å². The molecule has 0 bridgehead atoms. The molecule has 8 nitrogen and oxygen atoms in total. The molecule has 0 atom stereocenters. The van der Waals surface area contributed by atoms with Gasteiger partial charge in [0.1, 0.15) is 0 Å². The minimum absolute atomic E-state index is 0.276. The summed E-state index contributed by atoms with van der Waals surface area (Å²) >= 11 is 0. The Morgan fingerprint density at radius 3 is 2.62 bits per heavy atom. The normalized spacial score (nSPS) is 10.0. The lowest BCUT2D eigenvalue weighted by molar-refractivity contribution is -0.396. The number of hydrogen-bond donors (Lipinski definition) is 0. The maximum atomic E-state index is 11.7. The van der Waals surface area contributed by atoms with Crippen LogP contribution < -0.4 is 0 Å². The van der Waals surface area contributed by atoms with E-state index in [1.807, 2.05) is 0 Å². The van der Waals surface area contributed by atoms with E-state index < -0.39 is 16.8 Å². The topological polar surface area (TPSA) is 104 Å². The first kappa shape index (κ1) is 9.90. The van der Waals surface area contributed by atoms with Gasteiger partial charge in [-0.25, -0.2) is 4.79 Å². The van der Waals surface area contributed by atoms with Crippen molar-refractivity contribution in [3.05, 3.63) is 46.0 Å². The van der Waals surface area contributed by atoms with E-state index in [0.29, 0.717) is 4.68 Å². The SMILES string of the molecule is O=C(c1ccccc1)n1nnnc1[N+](=O)[O-]. The lowest BCUT2D eigenvalue weighted by atomic mass is 10.2. The van der Waals surface area contributed by atoms with Gasteiger partial charge in [-0.15, -0.1) is 0 Å². The molecule has 0 aliphatic rings. The van der Waals surface area contributed by atoms with Crippen LogP contribution in [0.1, 0.15) is 10.4 Å². The highest BCUT2D eigenvalue weighted by molar-refractivity contribution is 5.96. The van der Waals surface area contributed by atoms with Crippen molar-refractivity contribution in [3.63, 3.8) is 0 Å². The van der Waals surface area contributed by atoms with E-state index >= 15 is 0 Å². The quantitative estimate of drug-likeness (QED) is 0.408. The molecule has 0 radical (unpaired) electrons. The highest BCUT2D eigenvalue weighted by Gasteiger charge is 2.25. The Bertz CT molecular complexity index is 536. The number of carbonyl (C=O) groups excluding carboxylic acids is 1. The molecule has 0 N–H and O–H groups in total. The summed E-state index contributed by atoms with van der Waals surface area (Å²) in [7, 11) is 0. The van der Waals surface area contributed by atoms with Crippen LogP contribution in [0.3, 0.4) is 0 Å². The maximum absolute atomic E-state index is 11.7. The molecule has 2 rings (SSSR count). The van der Waals surface area contributed by atoms with E-state index in [4.69, 9.17) is 0 Å². The summed E-state index contributed by atoms with van der Waals surface area (Å²) in [5, 5.41) is 20.0. The summed E-state index contributed by atoms with van der Waals surface area (Å²) in [6, 6.07) is 8.05. The zero-order valence-corrected chi connectivity index (χ0v) is 7.85. The second-order valence-electron chi connectivity index (χ2n) is 2.82. The van der Waals surface area contributed by atoms with Crippen molar-refractivity contribution in [1.82, 2.24) is 20.2 Å². The number of nitrogens with zero attached hydrogens (tertiary/aromatic N) is 5. The van der Waals surface area contributed by atoms with Crippen LogP contribution in [0.4, 0.5) is 5.95 Å². The zero-order valence-electron chi connectivity index (χ0n) is 7.85. The average molecular weight is 219 g/mol. The third-order valence-electron chi connectivity index (χ3n) is 1.83. The first-order valence-electron chi connectivity index (χ1n) is 4.22. The van der Waals surface area contributed by atoms with Crippen LogP contribution in [0.5, 0.6) is 0 Å². The fourth-order valence-electron chi connectivity index (χ4n) is 1.13. The molecule has 0 saturated carbocycles. The van der Waals surface area contributed by atoms with Gasteiger partial charge in [0.25, 0.3) is 0 Å². The second kappa shape index (κ2) is 3.85. The van der Waals surface area contributed by atoms with Crippen molar-refractivity contribution < 1.29 is 9.72 Å². The summed E-state index contributed by atoms with van der Waals surface area (Å²) in [6.07, 6.45) is 0. The molecule has 8 heteroatoms. The number of benzene rings is 1. The molecule has 1 heterocycles. The first-order chi connectivity index (χ1) is 7.70. The second-order valence-corrected chi connectivity index (χ2v) is 2.82. The van der Waals surface area contributed by atoms with E-state index in [2.05, 4.69) is 15.5 Å². The van der Waals surface area contributed by atoms with Gasteiger partial charge in [0.15, 0.2) is 0 Å². The monoisotopic (exact) mass is 219 g/mol. The van der Waals surface area contributed by atoms with Crippen molar-refractivity contribution in [3.8, 4) is 0 Å². The number of tetrazole rings is 1. The Kier molecular flexibility index (Phi) is 2.38. The number of rotatable bonds is 2. The molecule has 2 aromatic rings. The van der Waals surface area contributed by atoms with Crippen LogP contribution in [0.2, 0.25) is 0 Å². The van der Waals surface area contributed by atoms with Gasteiger partial charge in [0.05, 0.1) is 15.9 Å². The predicted octanol–water partition coefficient (Wildman–Crippen LogP) is 0.270. The van der Waals surface area contributed by atoms with Gasteiger partial charge < -0.3 is 10.1 Å². The molecular formula is C8H5N5O3. The fourth-order valence-corrected chi connectivity index (χ4v) is 1.13. The molecule has 0 amide bonds. The van der Waals surface area contributed by atoms with E-state index in [-0.39, 0.29) is 5.56 Å². The minimum atomic E-state index is -0.819. The third kappa shape index (κ3) is 1.63. The zero-order chi connectivity index (χ0) is 11.5. The highest BCUT2D eigenvalue weighted by Crippen LogP contribution is 2.07. The molecule has 0 spiro atoms. The standard InChI is InChI=1S/C8H5N5O3/c14-7(6-4-2-1-3-5-6)12-8(13(15)16)9-10-11-12/h1-5H. The minimum Gasteiger partial charge on any atom is -0.390 e. The largest absolute Gasteiger partial charge is 0.487 e. The van der Waals surface area contributed by atoms with Crippen molar-refractivity contribution in [2.75, 3.05) is 0 Å². The van der Waals surface area contributed by atoms with E-state index in [0.717, 1.165) is 0 Å². The fraction of sp³-hybridized carbons (Fsp3) is 0. The van der Waals surface area contributed by atoms with Crippen LogP contribution in [-0.2, 0) is 0 Å². The third-order valence-corrected chi connectivity index (χ3v) is 1.83. The summed E-state index contributed by atoms with van der Waals surface area (Å²) in [6.45, 7) is 0. The van der Waals surface area contributed by atoms with Gasteiger partial charge in [-0.05, 0) is 21.7 Å². The van der Waals surface area contributed by atoms with E-state index in [1.165, 1.54) is 12.1 Å². The Balaban J connectivity index is 2.42. The first-order valence-corrected chi connectivity index (χ1v) is 4.22. The van der Waals surface area contributed by atoms with Gasteiger partial charge in [-0.3, -0.25) is 0 Å². The van der Waals surface area contributed by atoms with E-state index in [1.54, 1.807) is 18.2 Å². The molecule has 1 aromatic carbocycles. The van der Waals surface area contributed by atoms with Crippen LogP contribution in [0.25, 0.3) is 0 Å². The molecule has 80 valence electrons. The Labute approximate surface area is 88.7 Å². The molecule has 16 heavy (non-hydrogen) atoms. The van der Waals surface area contributed by atoms with Gasteiger partial charge in [0, 0.05) is 5.21 Å². The van der Waals surface area contributed by atoms with Crippen molar-refractivity contribution >= 4 is 11.9 Å². The number of aromatic nitrogens is 4. The van der Waals surface area contributed by atoms with Gasteiger partial charge in [-0.1, -0.05) is 18.2 Å². The van der Waals surface area contributed by atoms with Crippen LogP contribution >= 0.6 is 0 Å². The lowest BCUT2D eigenvalue weighted by Crippen LogP contribution is -2.16. The van der Waals surface area contributed by atoms with E-state index in [9.17, 15) is 14.9 Å². The number of hydrogen-bond acceptors (Lipinski definition) is 6. The summed E-state index contributed by atoms with van der Waals surface area (Å²) < 4.78 is 0.551. The molecule has 0 aliphatic heterocycles. The number of carbonyl (C=O) groups is 1. The molecular weight excluding hydrogens is 214 g/mol. The Hall–Kier alpha value is -2.64. The lowest BCUT2D eigenvalue weighted by Gasteiger charge is -1.96. The highest BCUT2D eigenvalue weighted by atomic mass is 16.6. The van der Waals surface area contributed by atoms with Gasteiger partial charge in [-0.2, -0.15) is 0 Å². The maximum Gasteiger partial charge on any atom is 0.487 e. The van der Waals surface area contributed by atoms with Crippen molar-refractivity contribution in [2.24, 2.45) is 0 Å². The van der Waals surface area contributed by atoms with Crippen LogP contribution in [0.15, 0.2) is 30.3 Å². The number of nitro groups is 1. The predicted molar refractivity (Wildman–Crippen MR) is 50.6 cm³/mol. The molecule has 0 saturated heterocycles. The molecule has 0 fully saturated rings. The Morgan fingerprint density at radius 2 is 2.00 bits per heavy atom. The van der Waals surface area contributed by atoms with Gasteiger partial charge >= 0.3 is 11.9 Å². The molecule has 0 unspecified atom stereocenters. The summed E-state index contributed by atoms with van der Waals surface area (Å²) in [5.74, 6) is -1.34. The molecule has 0 aliphatic carbocycles.